The van der Waals surface area contributed by atoms with Crippen LogP contribution in [0.4, 0.5) is 0 Å². The third-order valence-corrected chi connectivity index (χ3v) is 3.72. The lowest BCUT2D eigenvalue weighted by molar-refractivity contribution is 0.0312. The molecule has 1 heterocycles. The largest absolute Gasteiger partial charge is 0.379 e. The molecule has 0 spiro atoms. The number of nitrogens with two attached hydrogens (primary N) is 1. The highest BCUT2D eigenvalue weighted by atomic mass is 16.5. The van der Waals surface area contributed by atoms with E-state index in [9.17, 15) is 0 Å². The van der Waals surface area contributed by atoms with Gasteiger partial charge in [-0.2, -0.15) is 0 Å². The molecule has 1 aromatic carbocycles. The lowest BCUT2D eigenvalue weighted by atomic mass is 9.95. The molecule has 100 valence electrons. The van der Waals surface area contributed by atoms with E-state index in [2.05, 4.69) is 36.1 Å². The SMILES string of the molecule is Cc1ccccc1CC(CN)CN1CCOCC1. The zero-order valence-electron chi connectivity index (χ0n) is 11.3. The normalized spacial score (nSPS) is 18.8. The maximum absolute atomic E-state index is 5.93. The zero-order valence-corrected chi connectivity index (χ0v) is 11.3. The van der Waals surface area contributed by atoms with E-state index in [-0.39, 0.29) is 0 Å². The molecule has 2 N–H and O–H groups in total. The van der Waals surface area contributed by atoms with Crippen LogP contribution in [-0.4, -0.2) is 44.3 Å². The average Bonchev–Trinajstić information content (AvgIpc) is 2.41. The summed E-state index contributed by atoms with van der Waals surface area (Å²) in [6.07, 6.45) is 1.08. The predicted molar refractivity (Wildman–Crippen MR) is 74.7 cm³/mol. The molecular weight excluding hydrogens is 224 g/mol. The van der Waals surface area contributed by atoms with E-state index in [1.807, 2.05) is 0 Å². The standard InChI is InChI=1S/C15H24N2O/c1-13-4-2-3-5-15(13)10-14(11-16)12-17-6-8-18-9-7-17/h2-5,14H,6-12,16H2,1H3. The van der Waals surface area contributed by atoms with E-state index in [1.54, 1.807) is 0 Å². The van der Waals surface area contributed by atoms with Gasteiger partial charge in [-0.25, -0.2) is 0 Å². The minimum Gasteiger partial charge on any atom is -0.379 e. The number of morpholine rings is 1. The Kier molecular flexibility index (Phi) is 5.17. The lowest BCUT2D eigenvalue weighted by Gasteiger charge is -2.30. The molecule has 0 aliphatic carbocycles. The highest BCUT2D eigenvalue weighted by Crippen LogP contribution is 2.14. The van der Waals surface area contributed by atoms with E-state index in [4.69, 9.17) is 10.5 Å². The van der Waals surface area contributed by atoms with Crippen LogP contribution in [0.1, 0.15) is 11.1 Å². The molecule has 0 bridgehead atoms. The second kappa shape index (κ2) is 6.88. The van der Waals surface area contributed by atoms with Crippen LogP contribution in [0.25, 0.3) is 0 Å². The lowest BCUT2D eigenvalue weighted by Crippen LogP contribution is -2.41. The number of rotatable bonds is 5. The molecule has 1 fully saturated rings. The summed E-state index contributed by atoms with van der Waals surface area (Å²) < 4.78 is 5.38. The van der Waals surface area contributed by atoms with Crippen LogP contribution >= 0.6 is 0 Å². The van der Waals surface area contributed by atoms with Crippen molar-refractivity contribution in [3.05, 3.63) is 35.4 Å². The van der Waals surface area contributed by atoms with Crippen molar-refractivity contribution in [1.29, 1.82) is 0 Å². The van der Waals surface area contributed by atoms with Crippen LogP contribution in [0.2, 0.25) is 0 Å². The first-order valence-electron chi connectivity index (χ1n) is 6.84. The number of hydrogen-bond donors (Lipinski definition) is 1. The van der Waals surface area contributed by atoms with Gasteiger partial charge in [0.2, 0.25) is 0 Å². The molecule has 0 amide bonds. The Bertz CT molecular complexity index is 361. The minimum absolute atomic E-state index is 0.546. The van der Waals surface area contributed by atoms with Crippen molar-refractivity contribution in [2.24, 2.45) is 11.7 Å². The minimum atomic E-state index is 0.546. The summed E-state index contributed by atoms with van der Waals surface area (Å²) in [6.45, 7) is 7.84. The number of hydrogen-bond acceptors (Lipinski definition) is 3. The van der Waals surface area contributed by atoms with Gasteiger partial charge in [0.1, 0.15) is 0 Å². The van der Waals surface area contributed by atoms with Gasteiger partial charge >= 0.3 is 0 Å². The highest BCUT2D eigenvalue weighted by Gasteiger charge is 2.16. The maximum Gasteiger partial charge on any atom is 0.0594 e. The van der Waals surface area contributed by atoms with Crippen LogP contribution in [0.15, 0.2) is 24.3 Å². The van der Waals surface area contributed by atoms with Crippen LogP contribution < -0.4 is 5.73 Å². The van der Waals surface area contributed by atoms with Gasteiger partial charge in [0, 0.05) is 19.6 Å². The summed E-state index contributed by atoms with van der Waals surface area (Å²) in [5.41, 5.74) is 8.73. The second-order valence-electron chi connectivity index (χ2n) is 5.15. The summed E-state index contributed by atoms with van der Waals surface area (Å²) in [5, 5.41) is 0. The quantitative estimate of drug-likeness (QED) is 0.857. The Labute approximate surface area is 110 Å². The summed E-state index contributed by atoms with van der Waals surface area (Å²) in [5.74, 6) is 0.546. The molecule has 3 nitrogen and oxygen atoms in total. The molecule has 0 aromatic heterocycles. The van der Waals surface area contributed by atoms with Crippen molar-refractivity contribution in [1.82, 2.24) is 4.90 Å². The summed E-state index contributed by atoms with van der Waals surface area (Å²) in [4.78, 5) is 2.47. The number of benzene rings is 1. The molecule has 1 aliphatic rings. The van der Waals surface area contributed by atoms with Crippen molar-refractivity contribution in [3.8, 4) is 0 Å². The number of nitrogens with zero attached hydrogens (tertiary/aromatic N) is 1. The average molecular weight is 248 g/mol. The fourth-order valence-corrected chi connectivity index (χ4v) is 2.52. The van der Waals surface area contributed by atoms with Gasteiger partial charge in [-0.1, -0.05) is 24.3 Å². The molecule has 2 rings (SSSR count). The fraction of sp³-hybridized carbons (Fsp3) is 0.600. The van der Waals surface area contributed by atoms with Crippen LogP contribution in [0, 0.1) is 12.8 Å². The molecule has 18 heavy (non-hydrogen) atoms. The van der Waals surface area contributed by atoms with Gasteiger partial charge in [-0.3, -0.25) is 4.90 Å². The Morgan fingerprint density at radius 3 is 2.67 bits per heavy atom. The molecule has 3 heteroatoms. The predicted octanol–water partition coefficient (Wildman–Crippen LogP) is 1.44. The van der Waals surface area contributed by atoms with E-state index < -0.39 is 0 Å². The second-order valence-corrected chi connectivity index (χ2v) is 5.15. The topological polar surface area (TPSA) is 38.5 Å². The summed E-state index contributed by atoms with van der Waals surface area (Å²) >= 11 is 0. The first-order valence-corrected chi connectivity index (χ1v) is 6.84. The van der Waals surface area contributed by atoms with E-state index in [0.717, 1.165) is 45.8 Å². The van der Waals surface area contributed by atoms with Crippen molar-refractivity contribution >= 4 is 0 Å². The van der Waals surface area contributed by atoms with E-state index in [1.165, 1.54) is 11.1 Å². The Morgan fingerprint density at radius 2 is 2.00 bits per heavy atom. The van der Waals surface area contributed by atoms with Gasteiger partial charge < -0.3 is 10.5 Å². The third-order valence-electron chi connectivity index (χ3n) is 3.72. The Balaban J connectivity index is 1.90. The summed E-state index contributed by atoms with van der Waals surface area (Å²) in [7, 11) is 0. The van der Waals surface area contributed by atoms with Crippen LogP contribution in [0.3, 0.4) is 0 Å². The first kappa shape index (κ1) is 13.5. The Hall–Kier alpha value is -0.900. The highest BCUT2D eigenvalue weighted by molar-refractivity contribution is 5.26. The van der Waals surface area contributed by atoms with E-state index in [0.29, 0.717) is 5.92 Å². The number of aryl methyl sites for hydroxylation is 1. The first-order chi connectivity index (χ1) is 8.79. The van der Waals surface area contributed by atoms with Crippen molar-refractivity contribution in [3.63, 3.8) is 0 Å². The molecule has 0 saturated carbocycles. The maximum atomic E-state index is 5.93. The molecular formula is C15H24N2O. The third kappa shape index (κ3) is 3.80. The van der Waals surface area contributed by atoms with Crippen LogP contribution in [0.5, 0.6) is 0 Å². The fourth-order valence-electron chi connectivity index (χ4n) is 2.52. The molecule has 1 saturated heterocycles. The van der Waals surface area contributed by atoms with Crippen molar-refractivity contribution < 1.29 is 4.74 Å². The van der Waals surface area contributed by atoms with Crippen molar-refractivity contribution in [2.45, 2.75) is 13.3 Å². The molecule has 1 aliphatic heterocycles. The molecule has 1 aromatic rings. The van der Waals surface area contributed by atoms with Gasteiger partial charge in [0.25, 0.3) is 0 Å². The monoisotopic (exact) mass is 248 g/mol. The summed E-state index contributed by atoms with van der Waals surface area (Å²) in [6, 6.07) is 8.61. The molecule has 1 unspecified atom stereocenters. The van der Waals surface area contributed by atoms with E-state index >= 15 is 0 Å². The van der Waals surface area contributed by atoms with Gasteiger partial charge in [-0.05, 0) is 36.9 Å². The van der Waals surface area contributed by atoms with Crippen molar-refractivity contribution in [2.75, 3.05) is 39.4 Å². The number of ether oxygens (including phenoxy) is 1. The van der Waals surface area contributed by atoms with Crippen LogP contribution in [-0.2, 0) is 11.2 Å². The molecule has 1 atom stereocenters. The Morgan fingerprint density at radius 1 is 1.28 bits per heavy atom. The van der Waals surface area contributed by atoms with Gasteiger partial charge in [0.15, 0.2) is 0 Å². The molecule has 0 radical (unpaired) electrons. The van der Waals surface area contributed by atoms with Gasteiger partial charge in [0.05, 0.1) is 13.2 Å². The zero-order chi connectivity index (χ0) is 12.8. The van der Waals surface area contributed by atoms with Gasteiger partial charge in [-0.15, -0.1) is 0 Å². The smallest absolute Gasteiger partial charge is 0.0594 e.